The van der Waals surface area contributed by atoms with Crippen LogP contribution in [0.2, 0.25) is 5.22 Å². The third-order valence-corrected chi connectivity index (χ3v) is 1.97. The predicted octanol–water partition coefficient (Wildman–Crippen LogP) is 1.06. The van der Waals surface area contributed by atoms with Crippen LogP contribution in [0.3, 0.4) is 0 Å². The molecule has 0 unspecified atom stereocenters. The van der Waals surface area contributed by atoms with Gasteiger partial charge in [0.15, 0.2) is 11.0 Å². The second-order valence-electron chi connectivity index (χ2n) is 2.81. The highest BCUT2D eigenvalue weighted by Crippen LogP contribution is 2.13. The number of furan rings is 1. The van der Waals surface area contributed by atoms with Crippen molar-refractivity contribution in [1.29, 1.82) is 0 Å². The molecule has 0 bridgehead atoms. The summed E-state index contributed by atoms with van der Waals surface area (Å²) in [6.45, 7) is 1.14. The maximum atomic E-state index is 11.3. The van der Waals surface area contributed by atoms with Gasteiger partial charge in [-0.05, 0) is 23.7 Å². The predicted molar refractivity (Wildman–Crippen MR) is 45.8 cm³/mol. The minimum Gasteiger partial charge on any atom is -0.440 e. The Morgan fingerprint density at radius 1 is 1.54 bits per heavy atom. The van der Waals surface area contributed by atoms with Crippen LogP contribution in [0.4, 0.5) is 0 Å². The molecule has 4 nitrogen and oxygen atoms in total. The smallest absolute Gasteiger partial charge is 0.287 e. The van der Waals surface area contributed by atoms with Crippen LogP contribution in [-0.4, -0.2) is 25.2 Å². The zero-order valence-electron chi connectivity index (χ0n) is 6.75. The molecule has 0 saturated carbocycles. The van der Waals surface area contributed by atoms with Gasteiger partial charge >= 0.3 is 0 Å². The lowest BCUT2D eigenvalue weighted by atomic mass is 10.2. The molecule has 0 radical (unpaired) electrons. The van der Waals surface area contributed by atoms with Gasteiger partial charge in [0.2, 0.25) is 0 Å². The van der Waals surface area contributed by atoms with Gasteiger partial charge in [-0.1, -0.05) is 0 Å². The molecule has 1 saturated heterocycles. The number of hydrogen-bond donors (Lipinski definition) is 1. The van der Waals surface area contributed by atoms with E-state index in [1.54, 1.807) is 0 Å². The lowest BCUT2D eigenvalue weighted by molar-refractivity contribution is -0.00389. The molecular formula is C8H8ClNO3. The number of carbonyl (C=O) groups excluding carboxylic acids is 1. The van der Waals surface area contributed by atoms with Gasteiger partial charge < -0.3 is 14.5 Å². The molecule has 1 amide bonds. The molecule has 1 aliphatic rings. The molecule has 0 aromatic carbocycles. The fourth-order valence-corrected chi connectivity index (χ4v) is 1.16. The molecule has 1 aliphatic heterocycles. The molecular weight excluding hydrogens is 194 g/mol. The highest BCUT2D eigenvalue weighted by Gasteiger charge is 2.22. The van der Waals surface area contributed by atoms with E-state index in [4.69, 9.17) is 20.8 Å². The normalized spacial score (nSPS) is 16.7. The van der Waals surface area contributed by atoms with Gasteiger partial charge in [-0.2, -0.15) is 0 Å². The second kappa shape index (κ2) is 3.40. The summed E-state index contributed by atoms with van der Waals surface area (Å²) in [7, 11) is 0. The van der Waals surface area contributed by atoms with Crippen LogP contribution in [0, 0.1) is 0 Å². The van der Waals surface area contributed by atoms with Crippen LogP contribution in [0.15, 0.2) is 16.5 Å². The summed E-state index contributed by atoms with van der Waals surface area (Å²) in [6, 6.07) is 3.18. The molecule has 1 aromatic rings. The molecule has 1 aromatic heterocycles. The molecule has 5 heteroatoms. The lowest BCUT2D eigenvalue weighted by Gasteiger charge is -2.26. The lowest BCUT2D eigenvalue weighted by Crippen LogP contribution is -2.48. The van der Waals surface area contributed by atoms with Gasteiger partial charge in [-0.25, -0.2) is 0 Å². The molecule has 13 heavy (non-hydrogen) atoms. The Morgan fingerprint density at radius 3 is 2.77 bits per heavy atom. The molecule has 1 fully saturated rings. The van der Waals surface area contributed by atoms with Crippen molar-refractivity contribution in [2.45, 2.75) is 6.04 Å². The van der Waals surface area contributed by atoms with Crippen LogP contribution >= 0.6 is 11.6 Å². The summed E-state index contributed by atoms with van der Waals surface area (Å²) in [6.07, 6.45) is 0. The van der Waals surface area contributed by atoms with Crippen molar-refractivity contribution in [2.75, 3.05) is 13.2 Å². The zero-order valence-corrected chi connectivity index (χ0v) is 7.50. The maximum absolute atomic E-state index is 11.3. The number of halogens is 1. The minimum atomic E-state index is -0.250. The number of amides is 1. The first kappa shape index (κ1) is 8.59. The Labute approximate surface area is 79.8 Å². The molecule has 2 rings (SSSR count). The largest absolute Gasteiger partial charge is 0.440 e. The highest BCUT2D eigenvalue weighted by molar-refractivity contribution is 6.29. The molecule has 1 N–H and O–H groups in total. The number of rotatable bonds is 2. The fraction of sp³-hybridized carbons (Fsp3) is 0.375. The van der Waals surface area contributed by atoms with E-state index in [0.717, 1.165) is 0 Å². The van der Waals surface area contributed by atoms with E-state index in [2.05, 4.69) is 5.32 Å². The molecule has 0 atom stereocenters. The Kier molecular flexibility index (Phi) is 2.24. The van der Waals surface area contributed by atoms with Crippen LogP contribution in [0.1, 0.15) is 10.6 Å². The van der Waals surface area contributed by atoms with Crippen molar-refractivity contribution >= 4 is 17.5 Å². The van der Waals surface area contributed by atoms with Crippen LogP contribution in [-0.2, 0) is 4.74 Å². The first-order chi connectivity index (χ1) is 6.25. The summed E-state index contributed by atoms with van der Waals surface area (Å²) in [5.74, 6) is -0.0166. The first-order valence-electron chi connectivity index (χ1n) is 3.89. The summed E-state index contributed by atoms with van der Waals surface area (Å²) >= 11 is 5.52. The summed E-state index contributed by atoms with van der Waals surface area (Å²) < 4.78 is 9.83. The van der Waals surface area contributed by atoms with Gasteiger partial charge in [0.1, 0.15) is 0 Å². The fourth-order valence-electron chi connectivity index (χ4n) is 1.01. The van der Waals surface area contributed by atoms with E-state index in [-0.39, 0.29) is 22.9 Å². The van der Waals surface area contributed by atoms with Crippen LogP contribution in [0.5, 0.6) is 0 Å². The standard InChI is InChI=1S/C8H8ClNO3/c9-7-2-1-6(13-7)8(11)10-5-3-12-4-5/h1-2,5H,3-4H2,(H,10,11). The Morgan fingerprint density at radius 2 is 2.31 bits per heavy atom. The van der Waals surface area contributed by atoms with Gasteiger partial charge in [-0.3, -0.25) is 4.79 Å². The van der Waals surface area contributed by atoms with Gasteiger partial charge in [0.25, 0.3) is 5.91 Å². The van der Waals surface area contributed by atoms with Crippen molar-refractivity contribution in [3.63, 3.8) is 0 Å². The monoisotopic (exact) mass is 201 g/mol. The van der Waals surface area contributed by atoms with E-state index in [1.807, 2.05) is 0 Å². The molecule has 0 aliphatic carbocycles. The summed E-state index contributed by atoms with van der Waals surface area (Å²) in [5.41, 5.74) is 0. The van der Waals surface area contributed by atoms with E-state index in [1.165, 1.54) is 12.1 Å². The SMILES string of the molecule is O=C(NC1COC1)c1ccc(Cl)o1. The second-order valence-corrected chi connectivity index (χ2v) is 3.18. The van der Waals surface area contributed by atoms with E-state index in [0.29, 0.717) is 13.2 Å². The molecule has 70 valence electrons. The highest BCUT2D eigenvalue weighted by atomic mass is 35.5. The van der Waals surface area contributed by atoms with E-state index < -0.39 is 0 Å². The van der Waals surface area contributed by atoms with Crippen LogP contribution in [0.25, 0.3) is 0 Å². The Hall–Kier alpha value is -1.00. The van der Waals surface area contributed by atoms with Crippen LogP contribution < -0.4 is 5.32 Å². The van der Waals surface area contributed by atoms with Crippen molar-refractivity contribution in [2.24, 2.45) is 0 Å². The number of carbonyl (C=O) groups is 1. The van der Waals surface area contributed by atoms with Crippen molar-refractivity contribution in [3.8, 4) is 0 Å². The topological polar surface area (TPSA) is 51.5 Å². The first-order valence-corrected chi connectivity index (χ1v) is 4.27. The third-order valence-electron chi connectivity index (χ3n) is 1.77. The van der Waals surface area contributed by atoms with Gasteiger partial charge in [0, 0.05) is 0 Å². The van der Waals surface area contributed by atoms with Crippen molar-refractivity contribution in [3.05, 3.63) is 23.1 Å². The van der Waals surface area contributed by atoms with Gasteiger partial charge in [0.05, 0.1) is 19.3 Å². The quantitative estimate of drug-likeness (QED) is 0.779. The average Bonchev–Trinajstić information content (AvgIpc) is 2.44. The maximum Gasteiger partial charge on any atom is 0.287 e. The minimum absolute atomic E-state index is 0.108. The molecule has 0 spiro atoms. The zero-order chi connectivity index (χ0) is 9.26. The average molecular weight is 202 g/mol. The van der Waals surface area contributed by atoms with E-state index in [9.17, 15) is 4.79 Å². The Balaban J connectivity index is 1.96. The summed E-state index contributed by atoms with van der Waals surface area (Å²) in [5, 5.41) is 2.95. The van der Waals surface area contributed by atoms with Crippen molar-refractivity contribution < 1.29 is 13.9 Å². The third kappa shape index (κ3) is 1.84. The van der Waals surface area contributed by atoms with E-state index >= 15 is 0 Å². The van der Waals surface area contributed by atoms with Crippen molar-refractivity contribution in [1.82, 2.24) is 5.32 Å². The number of nitrogens with one attached hydrogen (secondary N) is 1. The number of ether oxygens (including phenoxy) is 1. The summed E-state index contributed by atoms with van der Waals surface area (Å²) in [4.78, 5) is 11.3. The number of hydrogen-bond acceptors (Lipinski definition) is 3. The molecule has 2 heterocycles. The van der Waals surface area contributed by atoms with Gasteiger partial charge in [-0.15, -0.1) is 0 Å². The Bertz CT molecular complexity index is 319.